The lowest BCUT2D eigenvalue weighted by molar-refractivity contribution is 0.0922. The number of aryl methyl sites for hydroxylation is 2. The van der Waals surface area contributed by atoms with Crippen LogP contribution in [-0.2, 0) is 13.0 Å². The van der Waals surface area contributed by atoms with Crippen LogP contribution in [0.3, 0.4) is 0 Å². The van der Waals surface area contributed by atoms with Gasteiger partial charge in [-0.25, -0.2) is 0 Å². The van der Waals surface area contributed by atoms with Crippen molar-refractivity contribution >= 4 is 5.91 Å². The summed E-state index contributed by atoms with van der Waals surface area (Å²) in [6, 6.07) is 15.1. The molecule has 0 saturated carbocycles. The monoisotopic (exact) mass is 409 g/mol. The quantitative estimate of drug-likeness (QED) is 0.565. The van der Waals surface area contributed by atoms with E-state index in [4.69, 9.17) is 18.6 Å². The van der Waals surface area contributed by atoms with Crippen molar-refractivity contribution in [2.24, 2.45) is 0 Å². The van der Waals surface area contributed by atoms with Crippen LogP contribution in [0.15, 0.2) is 52.9 Å². The van der Waals surface area contributed by atoms with Crippen LogP contribution in [0.4, 0.5) is 0 Å². The van der Waals surface area contributed by atoms with Gasteiger partial charge in [-0.3, -0.25) is 4.79 Å². The molecule has 3 aromatic rings. The molecule has 0 aliphatic carbocycles. The molecule has 6 nitrogen and oxygen atoms in total. The van der Waals surface area contributed by atoms with Gasteiger partial charge in [0.2, 0.25) is 0 Å². The zero-order chi connectivity index (χ0) is 21.5. The fourth-order valence-electron chi connectivity index (χ4n) is 3.19. The Morgan fingerprint density at radius 3 is 2.37 bits per heavy atom. The van der Waals surface area contributed by atoms with Crippen LogP contribution in [0.1, 0.15) is 33.0 Å². The van der Waals surface area contributed by atoms with Crippen molar-refractivity contribution in [2.75, 3.05) is 20.8 Å². The highest BCUT2D eigenvalue weighted by Crippen LogP contribution is 2.27. The smallest absolute Gasteiger partial charge is 0.287 e. The van der Waals surface area contributed by atoms with Gasteiger partial charge in [-0.2, -0.15) is 0 Å². The molecule has 0 bridgehead atoms. The summed E-state index contributed by atoms with van der Waals surface area (Å²) in [4.78, 5) is 12.3. The molecule has 6 heteroatoms. The zero-order valence-electron chi connectivity index (χ0n) is 17.8. The highest BCUT2D eigenvalue weighted by atomic mass is 16.5. The molecule has 0 aliphatic heterocycles. The van der Waals surface area contributed by atoms with Crippen LogP contribution in [-0.4, -0.2) is 26.7 Å². The topological polar surface area (TPSA) is 69.9 Å². The molecule has 0 spiro atoms. The molecule has 2 aromatic carbocycles. The van der Waals surface area contributed by atoms with Crippen molar-refractivity contribution < 1.29 is 23.4 Å². The van der Waals surface area contributed by atoms with Crippen molar-refractivity contribution in [3.05, 3.63) is 76.7 Å². The van der Waals surface area contributed by atoms with E-state index in [1.54, 1.807) is 26.4 Å². The molecule has 0 radical (unpaired) electrons. The summed E-state index contributed by atoms with van der Waals surface area (Å²) in [5.41, 5.74) is 3.31. The van der Waals surface area contributed by atoms with Gasteiger partial charge in [-0.15, -0.1) is 0 Å². The average Bonchev–Trinajstić information content (AvgIpc) is 3.20. The number of furan rings is 1. The van der Waals surface area contributed by atoms with E-state index in [1.165, 1.54) is 0 Å². The van der Waals surface area contributed by atoms with Crippen LogP contribution in [0, 0.1) is 13.8 Å². The van der Waals surface area contributed by atoms with Crippen LogP contribution in [0.2, 0.25) is 0 Å². The lowest BCUT2D eigenvalue weighted by Gasteiger charge is -2.10. The van der Waals surface area contributed by atoms with Gasteiger partial charge in [0.15, 0.2) is 17.3 Å². The number of ether oxygens (including phenoxy) is 3. The molecule has 158 valence electrons. The lowest BCUT2D eigenvalue weighted by atomic mass is 10.1. The first kappa shape index (κ1) is 21.3. The van der Waals surface area contributed by atoms with Gasteiger partial charge in [0.1, 0.15) is 18.1 Å². The average molecular weight is 409 g/mol. The summed E-state index contributed by atoms with van der Waals surface area (Å²) in [6.07, 6.45) is 0.662. The second kappa shape index (κ2) is 9.87. The predicted octanol–water partition coefficient (Wildman–Crippen LogP) is 4.47. The molecule has 3 rings (SSSR count). The van der Waals surface area contributed by atoms with Crippen molar-refractivity contribution in [1.82, 2.24) is 5.32 Å². The second-order valence-electron chi connectivity index (χ2n) is 7.07. The molecule has 30 heavy (non-hydrogen) atoms. The van der Waals surface area contributed by atoms with Crippen LogP contribution < -0.4 is 19.5 Å². The van der Waals surface area contributed by atoms with Crippen LogP contribution in [0.5, 0.6) is 17.2 Å². The molecule has 1 amide bonds. The summed E-state index contributed by atoms with van der Waals surface area (Å²) >= 11 is 0. The Hall–Kier alpha value is -3.41. The molecule has 0 atom stereocenters. The van der Waals surface area contributed by atoms with E-state index in [1.807, 2.05) is 44.2 Å². The standard InChI is InChI=1S/C24H27NO5/c1-16-11-17(2)13-20(12-16)29-15-19-6-8-22(30-19)24(26)25-10-9-18-5-7-21(27-3)23(14-18)28-4/h5-8,11-14H,9-10,15H2,1-4H3,(H,25,26). The largest absolute Gasteiger partial charge is 0.493 e. The van der Waals surface area contributed by atoms with Crippen molar-refractivity contribution in [3.8, 4) is 17.2 Å². The number of nitrogens with one attached hydrogen (secondary N) is 1. The molecule has 0 unspecified atom stereocenters. The van der Waals surface area contributed by atoms with Gasteiger partial charge in [0.25, 0.3) is 5.91 Å². The Kier molecular flexibility index (Phi) is 7.01. The van der Waals surface area contributed by atoms with Gasteiger partial charge in [0.05, 0.1) is 14.2 Å². The van der Waals surface area contributed by atoms with Crippen LogP contribution >= 0.6 is 0 Å². The normalized spacial score (nSPS) is 10.5. The van der Waals surface area contributed by atoms with E-state index in [9.17, 15) is 4.79 Å². The first-order chi connectivity index (χ1) is 14.5. The predicted molar refractivity (Wildman–Crippen MR) is 115 cm³/mol. The summed E-state index contributed by atoms with van der Waals surface area (Å²) < 4.78 is 21.9. The number of amides is 1. The van der Waals surface area contributed by atoms with Gasteiger partial charge >= 0.3 is 0 Å². The summed E-state index contributed by atoms with van der Waals surface area (Å²) in [7, 11) is 3.20. The number of methoxy groups -OCH3 is 2. The SMILES string of the molecule is COc1ccc(CCNC(=O)c2ccc(COc3cc(C)cc(C)c3)o2)cc1OC. The number of rotatable bonds is 9. The van der Waals surface area contributed by atoms with Gasteiger partial charge in [0, 0.05) is 6.54 Å². The van der Waals surface area contributed by atoms with E-state index >= 15 is 0 Å². The van der Waals surface area contributed by atoms with Gasteiger partial charge in [-0.1, -0.05) is 12.1 Å². The maximum atomic E-state index is 12.3. The third-order valence-corrected chi connectivity index (χ3v) is 4.61. The third-order valence-electron chi connectivity index (χ3n) is 4.61. The molecular formula is C24H27NO5. The minimum Gasteiger partial charge on any atom is -0.493 e. The molecule has 1 N–H and O–H groups in total. The number of benzene rings is 2. The first-order valence-electron chi connectivity index (χ1n) is 9.77. The van der Waals surface area contributed by atoms with Crippen molar-refractivity contribution in [3.63, 3.8) is 0 Å². The summed E-state index contributed by atoms with van der Waals surface area (Å²) in [6.45, 7) is 4.79. The zero-order valence-corrected chi connectivity index (χ0v) is 17.8. The molecule has 0 saturated heterocycles. The highest BCUT2D eigenvalue weighted by Gasteiger charge is 2.12. The molecule has 1 heterocycles. The van der Waals surface area contributed by atoms with E-state index in [-0.39, 0.29) is 18.3 Å². The van der Waals surface area contributed by atoms with E-state index in [0.29, 0.717) is 30.2 Å². The summed E-state index contributed by atoms with van der Waals surface area (Å²) in [5.74, 6) is 2.73. The number of hydrogen-bond donors (Lipinski definition) is 1. The van der Waals surface area contributed by atoms with Crippen LogP contribution in [0.25, 0.3) is 0 Å². The Bertz CT molecular complexity index is 988. The minimum atomic E-state index is -0.256. The lowest BCUT2D eigenvalue weighted by Crippen LogP contribution is -2.25. The minimum absolute atomic E-state index is 0.256. The van der Waals surface area contributed by atoms with E-state index in [2.05, 4.69) is 11.4 Å². The molecule has 0 fully saturated rings. The Morgan fingerprint density at radius 1 is 0.933 bits per heavy atom. The number of carbonyl (C=O) groups excluding carboxylic acids is 1. The van der Waals surface area contributed by atoms with Gasteiger partial charge < -0.3 is 23.9 Å². The van der Waals surface area contributed by atoms with E-state index < -0.39 is 0 Å². The fraction of sp³-hybridized carbons (Fsp3) is 0.292. The highest BCUT2D eigenvalue weighted by molar-refractivity contribution is 5.91. The Balaban J connectivity index is 1.50. The van der Waals surface area contributed by atoms with Crippen molar-refractivity contribution in [1.29, 1.82) is 0 Å². The molecular weight excluding hydrogens is 382 g/mol. The third kappa shape index (κ3) is 5.56. The maximum Gasteiger partial charge on any atom is 0.287 e. The first-order valence-corrected chi connectivity index (χ1v) is 9.77. The maximum absolute atomic E-state index is 12.3. The Labute approximate surface area is 176 Å². The van der Waals surface area contributed by atoms with E-state index in [0.717, 1.165) is 22.4 Å². The fourth-order valence-corrected chi connectivity index (χ4v) is 3.19. The van der Waals surface area contributed by atoms with Gasteiger partial charge in [-0.05, 0) is 73.4 Å². The molecule has 0 aliphatic rings. The Morgan fingerprint density at radius 2 is 1.67 bits per heavy atom. The van der Waals surface area contributed by atoms with Crippen molar-refractivity contribution in [2.45, 2.75) is 26.9 Å². The number of hydrogen-bond acceptors (Lipinski definition) is 5. The summed E-state index contributed by atoms with van der Waals surface area (Å²) in [5, 5.41) is 2.87. The number of carbonyl (C=O) groups is 1. The molecule has 1 aromatic heterocycles. The second-order valence-corrected chi connectivity index (χ2v) is 7.07.